The zero-order valence-electron chi connectivity index (χ0n) is 15.7. The van der Waals surface area contributed by atoms with Gasteiger partial charge in [-0.2, -0.15) is 0 Å². The number of nitrogens with one attached hydrogen (secondary N) is 1. The number of likely N-dealkylation sites (tertiary alicyclic amines) is 1. The van der Waals surface area contributed by atoms with Gasteiger partial charge < -0.3 is 10.2 Å². The Morgan fingerprint density at radius 3 is 2.81 bits per heavy atom. The van der Waals surface area contributed by atoms with Gasteiger partial charge in [0.05, 0.1) is 17.2 Å². The first kappa shape index (κ1) is 19.9. The molecule has 0 aliphatic carbocycles. The van der Waals surface area contributed by atoms with Gasteiger partial charge in [0.15, 0.2) is 5.13 Å². The molecule has 0 saturated carbocycles. The topological polar surface area (TPSA) is 62.3 Å². The van der Waals surface area contributed by atoms with E-state index in [2.05, 4.69) is 17.2 Å². The molecule has 27 heavy (non-hydrogen) atoms. The van der Waals surface area contributed by atoms with Crippen LogP contribution in [-0.4, -0.2) is 46.3 Å². The van der Waals surface area contributed by atoms with E-state index in [-0.39, 0.29) is 17.6 Å². The van der Waals surface area contributed by atoms with Crippen molar-refractivity contribution in [3.05, 3.63) is 35.2 Å². The Morgan fingerprint density at radius 2 is 2.07 bits per heavy atom. The minimum absolute atomic E-state index is 0.121. The van der Waals surface area contributed by atoms with Gasteiger partial charge in [-0.25, -0.2) is 4.98 Å². The van der Waals surface area contributed by atoms with E-state index in [1.165, 1.54) is 35.1 Å². The molecular weight excluding hydrogens is 378 g/mol. The average Bonchev–Trinajstić information content (AvgIpc) is 3.10. The summed E-state index contributed by atoms with van der Waals surface area (Å²) in [6.07, 6.45) is 2.27. The average molecular weight is 404 g/mol. The number of anilines is 1. The van der Waals surface area contributed by atoms with Crippen molar-refractivity contribution in [3.8, 4) is 11.3 Å². The van der Waals surface area contributed by atoms with Gasteiger partial charge in [0.1, 0.15) is 0 Å². The van der Waals surface area contributed by atoms with E-state index in [4.69, 9.17) is 0 Å². The number of aryl methyl sites for hydroxylation is 1. The van der Waals surface area contributed by atoms with Crippen LogP contribution in [0.1, 0.15) is 25.3 Å². The molecule has 2 aromatic rings. The Kier molecular flexibility index (Phi) is 6.90. The molecule has 2 amide bonds. The number of hydrogen-bond acceptors (Lipinski definition) is 5. The van der Waals surface area contributed by atoms with Crippen LogP contribution < -0.4 is 5.32 Å². The summed E-state index contributed by atoms with van der Waals surface area (Å²) in [6.45, 7) is 5.91. The molecule has 1 aliphatic heterocycles. The van der Waals surface area contributed by atoms with Gasteiger partial charge in [-0.1, -0.05) is 36.8 Å². The van der Waals surface area contributed by atoms with Gasteiger partial charge in [-0.05, 0) is 25.7 Å². The highest BCUT2D eigenvalue weighted by Gasteiger charge is 2.20. The first-order valence-electron chi connectivity index (χ1n) is 9.19. The second kappa shape index (κ2) is 9.37. The lowest BCUT2D eigenvalue weighted by Crippen LogP contribution is -2.40. The zero-order chi connectivity index (χ0) is 19.2. The fourth-order valence-electron chi connectivity index (χ4n) is 3.08. The van der Waals surface area contributed by atoms with Crippen LogP contribution in [-0.2, 0) is 9.59 Å². The molecule has 1 aromatic heterocycles. The Morgan fingerprint density at radius 1 is 1.30 bits per heavy atom. The fraction of sp³-hybridized carbons (Fsp3) is 0.450. The molecule has 1 atom stereocenters. The highest BCUT2D eigenvalue weighted by atomic mass is 32.2. The number of aromatic nitrogens is 1. The molecule has 7 heteroatoms. The zero-order valence-corrected chi connectivity index (χ0v) is 17.4. The van der Waals surface area contributed by atoms with Crippen molar-refractivity contribution in [1.82, 2.24) is 9.88 Å². The molecule has 144 valence electrons. The van der Waals surface area contributed by atoms with E-state index in [0.717, 1.165) is 30.8 Å². The largest absolute Gasteiger partial charge is 0.342 e. The van der Waals surface area contributed by atoms with Gasteiger partial charge in [-0.15, -0.1) is 23.1 Å². The molecule has 1 N–H and O–H groups in total. The Hall–Kier alpha value is -1.86. The molecule has 0 radical (unpaired) electrons. The lowest BCUT2D eigenvalue weighted by molar-refractivity contribution is -0.130. The van der Waals surface area contributed by atoms with Crippen LogP contribution in [0, 0.1) is 12.8 Å². The van der Waals surface area contributed by atoms with Gasteiger partial charge in [0, 0.05) is 24.0 Å². The second-order valence-corrected chi connectivity index (χ2v) is 8.88. The Bertz CT molecular complexity index is 789. The summed E-state index contributed by atoms with van der Waals surface area (Å²) in [6, 6.07) is 8.14. The van der Waals surface area contributed by atoms with Crippen molar-refractivity contribution in [1.29, 1.82) is 0 Å². The van der Waals surface area contributed by atoms with E-state index in [9.17, 15) is 9.59 Å². The first-order valence-corrected chi connectivity index (χ1v) is 11.2. The molecule has 1 aromatic carbocycles. The number of thioether (sulfide) groups is 1. The molecule has 3 rings (SSSR count). The van der Waals surface area contributed by atoms with Crippen molar-refractivity contribution in [2.75, 3.05) is 29.9 Å². The lowest BCUT2D eigenvalue weighted by atomic mass is 10.0. The predicted molar refractivity (Wildman–Crippen MR) is 113 cm³/mol. The molecule has 0 spiro atoms. The summed E-state index contributed by atoms with van der Waals surface area (Å²) in [5.74, 6) is 1.20. The Labute approximate surface area is 168 Å². The van der Waals surface area contributed by atoms with E-state index in [1.807, 2.05) is 41.5 Å². The monoisotopic (exact) mass is 403 g/mol. The number of carbonyl (C=O) groups is 2. The third kappa shape index (κ3) is 5.81. The minimum atomic E-state index is -0.121. The molecule has 1 saturated heterocycles. The maximum absolute atomic E-state index is 12.2. The van der Waals surface area contributed by atoms with Gasteiger partial charge in [0.2, 0.25) is 11.8 Å². The van der Waals surface area contributed by atoms with E-state index < -0.39 is 0 Å². The van der Waals surface area contributed by atoms with Crippen LogP contribution in [0.25, 0.3) is 11.3 Å². The molecule has 1 fully saturated rings. The van der Waals surface area contributed by atoms with Crippen LogP contribution in [0.3, 0.4) is 0 Å². The van der Waals surface area contributed by atoms with E-state index >= 15 is 0 Å². The highest BCUT2D eigenvalue weighted by molar-refractivity contribution is 8.00. The first-order chi connectivity index (χ1) is 13.0. The minimum Gasteiger partial charge on any atom is -0.342 e. The third-order valence-corrected chi connectivity index (χ3v) is 6.24. The quantitative estimate of drug-likeness (QED) is 0.790. The third-order valence-electron chi connectivity index (χ3n) is 4.57. The SMILES string of the molecule is Cc1ccc(-c2csc(NC(=O)CSCC(=O)N3CCC[C@@H](C)C3)n2)cc1. The lowest BCUT2D eigenvalue weighted by Gasteiger charge is -2.30. The van der Waals surface area contributed by atoms with E-state index in [1.54, 1.807) is 0 Å². The number of rotatable bonds is 6. The number of piperidine rings is 1. The van der Waals surface area contributed by atoms with Crippen LogP contribution in [0.2, 0.25) is 0 Å². The molecule has 2 heterocycles. The predicted octanol–water partition coefficient (Wildman–Crippen LogP) is 4.05. The summed E-state index contributed by atoms with van der Waals surface area (Å²) < 4.78 is 0. The summed E-state index contributed by atoms with van der Waals surface area (Å²) >= 11 is 2.77. The van der Waals surface area contributed by atoms with Crippen LogP contribution in [0.4, 0.5) is 5.13 Å². The number of carbonyl (C=O) groups excluding carboxylic acids is 2. The number of hydrogen-bond donors (Lipinski definition) is 1. The maximum atomic E-state index is 12.2. The molecule has 0 unspecified atom stereocenters. The molecule has 5 nitrogen and oxygen atoms in total. The number of nitrogens with zero attached hydrogens (tertiary/aromatic N) is 2. The summed E-state index contributed by atoms with van der Waals surface area (Å²) in [5.41, 5.74) is 3.10. The van der Waals surface area contributed by atoms with Crippen molar-refractivity contribution < 1.29 is 9.59 Å². The van der Waals surface area contributed by atoms with Crippen LogP contribution in [0.5, 0.6) is 0 Å². The van der Waals surface area contributed by atoms with Crippen molar-refractivity contribution >= 4 is 40.0 Å². The smallest absolute Gasteiger partial charge is 0.236 e. The van der Waals surface area contributed by atoms with Crippen molar-refractivity contribution in [2.24, 2.45) is 5.92 Å². The highest BCUT2D eigenvalue weighted by Crippen LogP contribution is 2.25. The van der Waals surface area contributed by atoms with Gasteiger partial charge >= 0.3 is 0 Å². The summed E-state index contributed by atoms with van der Waals surface area (Å²) in [5, 5.41) is 5.36. The Balaban J connectivity index is 1.43. The fourth-order valence-corrected chi connectivity index (χ4v) is 4.53. The summed E-state index contributed by atoms with van der Waals surface area (Å²) in [7, 11) is 0. The maximum Gasteiger partial charge on any atom is 0.236 e. The van der Waals surface area contributed by atoms with Gasteiger partial charge in [-0.3, -0.25) is 9.59 Å². The normalized spacial score (nSPS) is 17.0. The molecule has 0 bridgehead atoms. The van der Waals surface area contributed by atoms with Crippen molar-refractivity contribution in [3.63, 3.8) is 0 Å². The number of thiazole rings is 1. The summed E-state index contributed by atoms with van der Waals surface area (Å²) in [4.78, 5) is 30.8. The van der Waals surface area contributed by atoms with Gasteiger partial charge in [0.25, 0.3) is 0 Å². The van der Waals surface area contributed by atoms with E-state index in [0.29, 0.717) is 16.8 Å². The number of amides is 2. The molecular formula is C20H25N3O2S2. The van der Waals surface area contributed by atoms with Crippen molar-refractivity contribution in [2.45, 2.75) is 26.7 Å². The standard InChI is InChI=1S/C20H25N3O2S2/c1-14-5-7-16(8-6-14)17-11-27-20(21-17)22-18(24)12-26-13-19(25)23-9-3-4-15(2)10-23/h5-8,11,15H,3-4,9-10,12-13H2,1-2H3,(H,21,22,24)/t15-/m1/s1. The molecule has 1 aliphatic rings. The second-order valence-electron chi connectivity index (χ2n) is 7.03. The van der Waals surface area contributed by atoms with Crippen LogP contribution >= 0.6 is 23.1 Å². The number of benzene rings is 1. The van der Waals surface area contributed by atoms with Crippen LogP contribution in [0.15, 0.2) is 29.6 Å².